The number of nitrogens with one attached hydrogen (secondary N) is 1. The summed E-state index contributed by atoms with van der Waals surface area (Å²) >= 11 is 0. The molecule has 2 unspecified atom stereocenters. The predicted octanol–water partition coefficient (Wildman–Crippen LogP) is 4.08. The minimum absolute atomic E-state index is 0.0454. The van der Waals surface area contributed by atoms with E-state index in [2.05, 4.69) is 19.3 Å². The van der Waals surface area contributed by atoms with E-state index < -0.39 is 0 Å². The number of allylic oxidation sites excluding steroid dienone is 2. The Morgan fingerprint density at radius 1 is 1.14 bits per heavy atom. The van der Waals surface area contributed by atoms with Gasteiger partial charge in [-0.2, -0.15) is 0 Å². The molecular formula is C17H27NO3. The Balaban J connectivity index is 2.35. The lowest BCUT2D eigenvalue weighted by Gasteiger charge is -2.16. The second-order valence-electron chi connectivity index (χ2n) is 5.12. The molecule has 0 amide bonds. The smallest absolute Gasteiger partial charge is 0.119 e. The van der Waals surface area contributed by atoms with Crippen LogP contribution in [0.4, 0.5) is 0 Å². The average molecular weight is 293 g/mol. The molecule has 1 aromatic rings. The quantitative estimate of drug-likeness (QED) is 0.697. The van der Waals surface area contributed by atoms with Gasteiger partial charge in [0, 0.05) is 5.70 Å². The maximum absolute atomic E-state index is 5.72. The van der Waals surface area contributed by atoms with E-state index >= 15 is 0 Å². The average Bonchev–Trinajstić information content (AvgIpc) is 2.51. The van der Waals surface area contributed by atoms with Gasteiger partial charge in [-0.15, -0.1) is 0 Å². The Hall–Kier alpha value is -1.68. The second kappa shape index (κ2) is 9.29. The number of ether oxygens (including phenoxy) is 2. The Labute approximate surface area is 128 Å². The molecule has 0 aliphatic carbocycles. The van der Waals surface area contributed by atoms with Crippen LogP contribution in [0.25, 0.3) is 0 Å². The van der Waals surface area contributed by atoms with Gasteiger partial charge in [0.25, 0.3) is 0 Å². The summed E-state index contributed by atoms with van der Waals surface area (Å²) < 4.78 is 11.4. The topological polar surface area (TPSA) is 39.7 Å². The van der Waals surface area contributed by atoms with E-state index in [1.165, 1.54) is 0 Å². The summed E-state index contributed by atoms with van der Waals surface area (Å²) in [6, 6.07) is 7.68. The van der Waals surface area contributed by atoms with Crippen LogP contribution in [-0.2, 0) is 4.84 Å². The molecule has 0 radical (unpaired) electrons. The van der Waals surface area contributed by atoms with Gasteiger partial charge in [0.1, 0.15) is 24.2 Å². The van der Waals surface area contributed by atoms with Crippen molar-refractivity contribution in [1.29, 1.82) is 0 Å². The molecule has 21 heavy (non-hydrogen) atoms. The molecule has 1 aromatic carbocycles. The first-order chi connectivity index (χ1) is 10.0. The maximum atomic E-state index is 5.72. The highest BCUT2D eigenvalue weighted by Gasteiger charge is 2.05. The molecule has 4 nitrogen and oxygen atoms in total. The lowest BCUT2D eigenvalue weighted by atomic mass is 10.3. The van der Waals surface area contributed by atoms with E-state index in [0.717, 1.165) is 23.6 Å². The van der Waals surface area contributed by atoms with Crippen molar-refractivity contribution < 1.29 is 14.3 Å². The zero-order chi connectivity index (χ0) is 15.7. The van der Waals surface area contributed by atoms with Gasteiger partial charge in [-0.1, -0.05) is 13.0 Å². The molecule has 0 saturated heterocycles. The summed E-state index contributed by atoms with van der Waals surface area (Å²) in [4.78, 5) is 5.44. The van der Waals surface area contributed by atoms with Gasteiger partial charge in [0.2, 0.25) is 0 Å². The molecule has 0 fully saturated rings. The van der Waals surface area contributed by atoms with Crippen molar-refractivity contribution >= 4 is 0 Å². The molecule has 0 aliphatic heterocycles. The number of hydrogen-bond donors (Lipinski definition) is 1. The summed E-state index contributed by atoms with van der Waals surface area (Å²) in [5.74, 6) is 1.68. The standard InChI is InChI=1S/C17H27NO3/c1-6-13(3)18-21-15(5)12-19-16-8-10-17(11-9-16)20-14(4)7-2/h6,8-11,14-15,18H,7,12H2,1-5H3. The van der Waals surface area contributed by atoms with Gasteiger partial charge < -0.3 is 9.47 Å². The minimum Gasteiger partial charge on any atom is -0.491 e. The van der Waals surface area contributed by atoms with Crippen molar-refractivity contribution in [2.24, 2.45) is 0 Å². The van der Waals surface area contributed by atoms with Crippen LogP contribution in [0.2, 0.25) is 0 Å². The summed E-state index contributed by atoms with van der Waals surface area (Å²) in [6.45, 7) is 10.5. The van der Waals surface area contributed by atoms with Crippen LogP contribution in [0.1, 0.15) is 41.0 Å². The Kier molecular flexibility index (Phi) is 7.69. The van der Waals surface area contributed by atoms with Gasteiger partial charge in [0.05, 0.1) is 6.10 Å². The molecular weight excluding hydrogens is 266 g/mol. The summed E-state index contributed by atoms with van der Waals surface area (Å²) in [6.07, 6.45) is 3.12. The molecule has 0 aromatic heterocycles. The molecule has 118 valence electrons. The highest BCUT2D eigenvalue weighted by molar-refractivity contribution is 5.31. The fraction of sp³-hybridized carbons (Fsp3) is 0.529. The number of hydrogen-bond acceptors (Lipinski definition) is 4. The zero-order valence-corrected chi connectivity index (χ0v) is 13.7. The molecule has 1 N–H and O–H groups in total. The summed E-state index contributed by atoms with van der Waals surface area (Å²) in [5.41, 5.74) is 3.85. The number of benzene rings is 1. The normalized spacial score (nSPS) is 14.4. The van der Waals surface area contributed by atoms with Gasteiger partial charge in [-0.25, -0.2) is 0 Å². The van der Waals surface area contributed by atoms with Gasteiger partial charge in [-0.3, -0.25) is 10.3 Å². The largest absolute Gasteiger partial charge is 0.491 e. The van der Waals surface area contributed by atoms with Crippen molar-refractivity contribution in [1.82, 2.24) is 5.48 Å². The highest BCUT2D eigenvalue weighted by atomic mass is 16.7. The molecule has 0 saturated carbocycles. The molecule has 0 bridgehead atoms. The van der Waals surface area contributed by atoms with E-state index in [-0.39, 0.29) is 12.2 Å². The molecule has 4 heteroatoms. The van der Waals surface area contributed by atoms with E-state index in [9.17, 15) is 0 Å². The zero-order valence-electron chi connectivity index (χ0n) is 13.7. The number of rotatable bonds is 9. The van der Waals surface area contributed by atoms with Gasteiger partial charge in [0.15, 0.2) is 0 Å². The molecule has 0 aliphatic rings. The van der Waals surface area contributed by atoms with E-state index in [1.807, 2.05) is 51.1 Å². The molecule has 1 rings (SSSR count). The lowest BCUT2D eigenvalue weighted by Crippen LogP contribution is -2.25. The van der Waals surface area contributed by atoms with E-state index in [1.54, 1.807) is 0 Å². The third kappa shape index (κ3) is 7.04. The Morgan fingerprint density at radius 3 is 2.33 bits per heavy atom. The first-order valence-electron chi connectivity index (χ1n) is 7.49. The highest BCUT2D eigenvalue weighted by Crippen LogP contribution is 2.19. The van der Waals surface area contributed by atoms with Crippen LogP contribution >= 0.6 is 0 Å². The minimum atomic E-state index is -0.0454. The fourth-order valence-corrected chi connectivity index (χ4v) is 1.43. The second-order valence-corrected chi connectivity index (χ2v) is 5.12. The lowest BCUT2D eigenvalue weighted by molar-refractivity contribution is -0.0204. The molecule has 2 atom stereocenters. The Morgan fingerprint density at radius 2 is 1.76 bits per heavy atom. The van der Waals surface area contributed by atoms with Crippen molar-refractivity contribution in [3.8, 4) is 11.5 Å². The first kappa shape index (κ1) is 17.4. The fourth-order valence-electron chi connectivity index (χ4n) is 1.43. The van der Waals surface area contributed by atoms with Crippen LogP contribution in [-0.4, -0.2) is 18.8 Å². The summed E-state index contributed by atoms with van der Waals surface area (Å²) in [7, 11) is 0. The third-order valence-electron chi connectivity index (χ3n) is 3.07. The molecule has 0 spiro atoms. The van der Waals surface area contributed by atoms with Crippen LogP contribution < -0.4 is 15.0 Å². The van der Waals surface area contributed by atoms with E-state index in [4.69, 9.17) is 14.3 Å². The third-order valence-corrected chi connectivity index (χ3v) is 3.07. The van der Waals surface area contributed by atoms with Gasteiger partial charge in [-0.05, 0) is 58.4 Å². The van der Waals surface area contributed by atoms with E-state index in [0.29, 0.717) is 6.61 Å². The predicted molar refractivity (Wildman–Crippen MR) is 85.4 cm³/mol. The molecule has 0 heterocycles. The van der Waals surface area contributed by atoms with Crippen LogP contribution in [0.3, 0.4) is 0 Å². The van der Waals surface area contributed by atoms with Crippen molar-refractivity contribution in [3.05, 3.63) is 36.0 Å². The van der Waals surface area contributed by atoms with Crippen LogP contribution in [0, 0.1) is 0 Å². The van der Waals surface area contributed by atoms with Crippen LogP contribution in [0.5, 0.6) is 11.5 Å². The first-order valence-corrected chi connectivity index (χ1v) is 7.49. The van der Waals surface area contributed by atoms with Gasteiger partial charge >= 0.3 is 0 Å². The monoisotopic (exact) mass is 293 g/mol. The van der Waals surface area contributed by atoms with Crippen LogP contribution in [0.15, 0.2) is 36.0 Å². The maximum Gasteiger partial charge on any atom is 0.119 e. The Bertz CT molecular complexity index is 428. The van der Waals surface area contributed by atoms with Crippen molar-refractivity contribution in [2.75, 3.05) is 6.61 Å². The SMILES string of the molecule is CC=C(C)NOC(C)COc1ccc(OC(C)CC)cc1. The number of hydroxylamine groups is 1. The summed E-state index contributed by atoms with van der Waals surface area (Å²) in [5, 5.41) is 0. The van der Waals surface area contributed by atoms with Crippen molar-refractivity contribution in [2.45, 2.75) is 53.2 Å². The van der Waals surface area contributed by atoms with Crippen molar-refractivity contribution in [3.63, 3.8) is 0 Å².